The molecule has 1 heterocycles. The Morgan fingerprint density at radius 2 is 1.49 bits per heavy atom. The molecular weight excluding hydrogens is 612 g/mol. The van der Waals surface area contributed by atoms with Crippen molar-refractivity contribution in [3.8, 4) is 0 Å². The van der Waals surface area contributed by atoms with E-state index in [1.807, 2.05) is 20.8 Å². The fourth-order valence-corrected chi connectivity index (χ4v) is 5.58. The van der Waals surface area contributed by atoms with Gasteiger partial charge in [0.1, 0.15) is 18.6 Å². The highest BCUT2D eigenvalue weighted by atomic mass is 32.2. The lowest BCUT2D eigenvalue weighted by Gasteiger charge is -2.18. The number of hydrogen-bond donors (Lipinski definition) is 7. The molecule has 0 aromatic heterocycles. The third-order valence-electron chi connectivity index (χ3n) is 7.92. The molecular formula is C29H43N4O11S+. The highest BCUT2D eigenvalue weighted by Crippen LogP contribution is 2.40. The van der Waals surface area contributed by atoms with Gasteiger partial charge in [-0.1, -0.05) is 0 Å². The fourth-order valence-electron chi connectivity index (χ4n) is 5.08. The molecule has 1 aliphatic rings. The number of aliphatic carboxylic acids is 3. The van der Waals surface area contributed by atoms with Crippen LogP contribution in [0.15, 0.2) is 23.1 Å². The summed E-state index contributed by atoms with van der Waals surface area (Å²) in [7, 11) is -4.31. The van der Waals surface area contributed by atoms with E-state index >= 15 is 0 Å². The number of amides is 3. The van der Waals surface area contributed by atoms with Gasteiger partial charge < -0.3 is 31.3 Å². The number of carboxylic acid groups (broad SMARTS) is 3. The molecule has 16 heteroatoms. The van der Waals surface area contributed by atoms with Crippen LogP contribution < -0.4 is 16.0 Å². The van der Waals surface area contributed by atoms with Gasteiger partial charge in [-0.3, -0.25) is 14.1 Å². The predicted molar refractivity (Wildman–Crippen MR) is 161 cm³/mol. The standard InChI is InChI=1S/C29H42N4O11S/c1-18-29(2,3)20-17-19(45(42,43)44)11-13-23(20)33(18)16-8-4-5-10-24(34)30-15-7-6-9-21(26(37)38)31-28(41)32-22(27(39)40)12-14-25(35)36/h11,13,17,21-22H,4-10,12,14-16H2,1-3H3,(H6-,30,31,32,34,35,36,37,38,39,40,41,42,43,44)/p+1/t21-,22-/m0/s1. The summed E-state index contributed by atoms with van der Waals surface area (Å²) in [6.07, 6.45) is 2.54. The Labute approximate surface area is 261 Å². The molecule has 2 atom stereocenters. The number of unbranched alkanes of at least 4 members (excludes halogenated alkanes) is 3. The van der Waals surface area contributed by atoms with Gasteiger partial charge in [0.15, 0.2) is 5.71 Å². The van der Waals surface area contributed by atoms with Crippen molar-refractivity contribution in [1.82, 2.24) is 16.0 Å². The van der Waals surface area contributed by atoms with Crippen LogP contribution in [0.3, 0.4) is 0 Å². The lowest BCUT2D eigenvalue weighted by molar-refractivity contribution is -0.439. The van der Waals surface area contributed by atoms with Gasteiger partial charge in [0.05, 0.1) is 10.3 Å². The molecule has 1 aromatic carbocycles. The molecule has 250 valence electrons. The van der Waals surface area contributed by atoms with Crippen molar-refractivity contribution in [2.75, 3.05) is 13.1 Å². The first-order valence-electron chi connectivity index (χ1n) is 14.7. The second-order valence-electron chi connectivity index (χ2n) is 11.5. The van der Waals surface area contributed by atoms with Gasteiger partial charge in [0.2, 0.25) is 11.6 Å². The van der Waals surface area contributed by atoms with Gasteiger partial charge in [0.25, 0.3) is 10.1 Å². The van der Waals surface area contributed by atoms with E-state index in [-0.39, 0.29) is 23.6 Å². The van der Waals surface area contributed by atoms with Gasteiger partial charge in [-0.15, -0.1) is 0 Å². The number of nitrogens with zero attached hydrogens (tertiary/aromatic N) is 1. The lowest BCUT2D eigenvalue weighted by Crippen LogP contribution is -2.51. The number of carbonyl (C=O) groups is 5. The maximum Gasteiger partial charge on any atom is 0.326 e. The van der Waals surface area contributed by atoms with E-state index in [4.69, 9.17) is 10.2 Å². The van der Waals surface area contributed by atoms with Crippen LogP contribution in [0.5, 0.6) is 0 Å². The summed E-state index contributed by atoms with van der Waals surface area (Å²) < 4.78 is 34.8. The molecule has 3 amide bonds. The number of carbonyl (C=O) groups excluding carboxylic acids is 2. The minimum Gasteiger partial charge on any atom is -0.481 e. The lowest BCUT2D eigenvalue weighted by atomic mass is 9.82. The zero-order chi connectivity index (χ0) is 33.9. The molecule has 1 aliphatic heterocycles. The van der Waals surface area contributed by atoms with Gasteiger partial charge in [0, 0.05) is 44.4 Å². The molecule has 45 heavy (non-hydrogen) atoms. The first-order valence-corrected chi connectivity index (χ1v) is 16.1. The van der Waals surface area contributed by atoms with Crippen molar-refractivity contribution >= 4 is 51.4 Å². The SMILES string of the molecule is CC1=[N+](CCCCCC(=O)NCCCC[C@H](NC(=O)N[C@@H](CCC(=O)O)C(=O)O)C(=O)O)c2ccc(S(=O)(=O)O)cc2C1(C)C. The summed E-state index contributed by atoms with van der Waals surface area (Å²) in [5.74, 6) is -4.13. The molecule has 0 spiro atoms. The zero-order valence-corrected chi connectivity index (χ0v) is 26.5. The maximum atomic E-state index is 12.2. The molecule has 0 saturated heterocycles. The van der Waals surface area contributed by atoms with Crippen LogP contribution in [0.4, 0.5) is 10.5 Å². The third kappa shape index (κ3) is 11.1. The zero-order valence-electron chi connectivity index (χ0n) is 25.7. The Balaban J connectivity index is 1.69. The molecule has 15 nitrogen and oxygen atoms in total. The Morgan fingerprint density at radius 1 is 0.867 bits per heavy atom. The fraction of sp³-hybridized carbons (Fsp3) is 0.586. The number of nitrogens with one attached hydrogen (secondary N) is 3. The number of rotatable bonds is 19. The van der Waals surface area contributed by atoms with Crippen LogP contribution in [0.1, 0.15) is 84.1 Å². The Kier molecular flexibility index (Phi) is 13.5. The Bertz CT molecular complexity index is 1420. The highest BCUT2D eigenvalue weighted by molar-refractivity contribution is 7.85. The average Bonchev–Trinajstić information content (AvgIpc) is 3.13. The summed E-state index contributed by atoms with van der Waals surface area (Å²) >= 11 is 0. The van der Waals surface area contributed by atoms with E-state index in [2.05, 4.69) is 20.5 Å². The minimum absolute atomic E-state index is 0.0372. The smallest absolute Gasteiger partial charge is 0.326 e. The maximum absolute atomic E-state index is 12.2. The second kappa shape index (κ2) is 16.3. The quantitative estimate of drug-likeness (QED) is 0.0648. The molecule has 0 aliphatic carbocycles. The molecule has 0 unspecified atom stereocenters. The number of fused-ring (bicyclic) bond motifs is 1. The van der Waals surface area contributed by atoms with Crippen molar-refractivity contribution in [1.29, 1.82) is 0 Å². The van der Waals surface area contributed by atoms with Crippen molar-refractivity contribution in [2.24, 2.45) is 0 Å². The van der Waals surface area contributed by atoms with Crippen molar-refractivity contribution < 1.29 is 56.8 Å². The van der Waals surface area contributed by atoms with E-state index in [9.17, 15) is 42.0 Å². The summed E-state index contributed by atoms with van der Waals surface area (Å²) in [6.45, 7) is 6.98. The highest BCUT2D eigenvalue weighted by Gasteiger charge is 2.43. The predicted octanol–water partition coefficient (Wildman–Crippen LogP) is 2.25. The van der Waals surface area contributed by atoms with E-state index in [1.165, 1.54) is 12.1 Å². The largest absolute Gasteiger partial charge is 0.481 e. The first kappa shape index (κ1) is 37.1. The van der Waals surface area contributed by atoms with E-state index in [1.54, 1.807) is 6.07 Å². The monoisotopic (exact) mass is 655 g/mol. The van der Waals surface area contributed by atoms with Crippen LogP contribution in [0, 0.1) is 0 Å². The topological polar surface area (TPSA) is 240 Å². The molecule has 0 bridgehead atoms. The first-order chi connectivity index (χ1) is 20.9. The van der Waals surface area contributed by atoms with Crippen LogP contribution in [0.25, 0.3) is 0 Å². The summed E-state index contributed by atoms with van der Waals surface area (Å²) in [4.78, 5) is 57.6. The van der Waals surface area contributed by atoms with Gasteiger partial charge in [-0.2, -0.15) is 13.0 Å². The average molecular weight is 656 g/mol. The van der Waals surface area contributed by atoms with Crippen molar-refractivity contribution in [2.45, 2.75) is 101 Å². The number of urea groups is 1. The molecule has 2 rings (SSSR count). The molecule has 7 N–H and O–H groups in total. The van der Waals surface area contributed by atoms with E-state index in [0.29, 0.717) is 38.8 Å². The van der Waals surface area contributed by atoms with Crippen LogP contribution >= 0.6 is 0 Å². The number of benzene rings is 1. The molecule has 0 fully saturated rings. The molecule has 1 aromatic rings. The Morgan fingerprint density at radius 3 is 2.07 bits per heavy atom. The second-order valence-corrected chi connectivity index (χ2v) is 12.9. The van der Waals surface area contributed by atoms with Gasteiger partial charge >= 0.3 is 23.9 Å². The van der Waals surface area contributed by atoms with Crippen molar-refractivity contribution in [3.63, 3.8) is 0 Å². The molecule has 0 radical (unpaired) electrons. The van der Waals surface area contributed by atoms with E-state index in [0.717, 1.165) is 29.8 Å². The van der Waals surface area contributed by atoms with Crippen LogP contribution in [0.2, 0.25) is 0 Å². The molecule has 0 saturated carbocycles. The summed E-state index contributed by atoms with van der Waals surface area (Å²) in [5, 5.41) is 34.2. The Hall–Kier alpha value is -4.05. The third-order valence-corrected chi connectivity index (χ3v) is 8.77. The van der Waals surface area contributed by atoms with E-state index < -0.39 is 58.0 Å². The van der Waals surface area contributed by atoms with Gasteiger partial charge in [-0.25, -0.2) is 14.4 Å². The summed E-state index contributed by atoms with van der Waals surface area (Å²) in [5.41, 5.74) is 2.37. The normalized spacial score (nSPS) is 15.1. The summed E-state index contributed by atoms with van der Waals surface area (Å²) in [6, 6.07) is 0.782. The number of carboxylic acids is 3. The van der Waals surface area contributed by atoms with Crippen molar-refractivity contribution in [3.05, 3.63) is 23.8 Å². The number of hydrogen-bond acceptors (Lipinski definition) is 7. The van der Waals surface area contributed by atoms with Crippen LogP contribution in [-0.2, 0) is 34.7 Å². The van der Waals surface area contributed by atoms with Crippen LogP contribution in [-0.4, -0.2) is 93.6 Å². The minimum atomic E-state index is -4.31. The van der Waals surface area contributed by atoms with Gasteiger partial charge in [-0.05, 0) is 64.5 Å².